The summed E-state index contributed by atoms with van der Waals surface area (Å²) in [6.45, 7) is 1.20. The lowest BCUT2D eigenvalue weighted by Crippen LogP contribution is -2.38. The van der Waals surface area contributed by atoms with Gasteiger partial charge >= 0.3 is 6.18 Å². The van der Waals surface area contributed by atoms with Crippen molar-refractivity contribution in [1.82, 2.24) is 14.5 Å². The summed E-state index contributed by atoms with van der Waals surface area (Å²) in [6, 6.07) is 19.9. The van der Waals surface area contributed by atoms with Crippen LogP contribution in [0.5, 0.6) is 5.75 Å². The van der Waals surface area contributed by atoms with Crippen molar-refractivity contribution in [2.45, 2.75) is 31.5 Å². The van der Waals surface area contributed by atoms with E-state index in [0.29, 0.717) is 31.5 Å². The van der Waals surface area contributed by atoms with Gasteiger partial charge in [-0.2, -0.15) is 13.2 Å². The number of carbonyl (C=O) groups excluding carboxylic acids is 1. The van der Waals surface area contributed by atoms with Crippen molar-refractivity contribution in [1.29, 1.82) is 0 Å². The van der Waals surface area contributed by atoms with E-state index in [1.807, 2.05) is 29.2 Å². The number of aromatic hydroxyl groups is 1. The maximum Gasteiger partial charge on any atom is 0.416 e. The monoisotopic (exact) mass is 505 g/mol. The molecule has 1 aliphatic rings. The molecule has 4 aromatic rings. The Bertz CT molecular complexity index is 1370. The fourth-order valence-corrected chi connectivity index (χ4v) is 4.92. The van der Waals surface area contributed by atoms with E-state index < -0.39 is 11.7 Å². The van der Waals surface area contributed by atoms with Gasteiger partial charge < -0.3 is 14.6 Å². The molecule has 37 heavy (non-hydrogen) atoms. The van der Waals surface area contributed by atoms with E-state index in [1.54, 1.807) is 47.3 Å². The molecule has 0 bridgehead atoms. The van der Waals surface area contributed by atoms with Gasteiger partial charge in [-0.25, -0.2) is 4.98 Å². The summed E-state index contributed by atoms with van der Waals surface area (Å²) >= 11 is 0. The molecule has 2 heterocycles. The summed E-state index contributed by atoms with van der Waals surface area (Å²) in [5, 5.41) is 9.47. The van der Waals surface area contributed by atoms with Gasteiger partial charge in [0, 0.05) is 43.5 Å². The van der Waals surface area contributed by atoms with Crippen molar-refractivity contribution in [3.8, 4) is 16.9 Å². The third-order valence-corrected chi connectivity index (χ3v) is 6.89. The number of piperidine rings is 1. The molecule has 0 atom stereocenters. The molecule has 1 aromatic heterocycles. The zero-order valence-corrected chi connectivity index (χ0v) is 20.0. The van der Waals surface area contributed by atoms with Crippen molar-refractivity contribution in [2.24, 2.45) is 0 Å². The maximum absolute atomic E-state index is 13.4. The molecule has 1 fully saturated rings. The predicted octanol–water partition coefficient (Wildman–Crippen LogP) is 6.34. The first-order chi connectivity index (χ1) is 17.8. The standard InChI is InChI=1S/C29H26F3N3O2/c30-29(31,32)26-4-2-1-3-24(26)19-35-18-15-33-27(35)22-13-16-34(17-14-22)28(37)23-7-5-20(6-8-23)21-9-11-25(36)12-10-21/h1-12,15,18,22,36H,13-14,16-17,19H2. The van der Waals surface area contributed by atoms with Crippen molar-refractivity contribution >= 4 is 5.91 Å². The molecule has 0 radical (unpaired) electrons. The van der Waals surface area contributed by atoms with Crippen LogP contribution in [0, 0.1) is 0 Å². The van der Waals surface area contributed by atoms with E-state index in [4.69, 9.17) is 0 Å². The Morgan fingerprint density at radius 2 is 1.54 bits per heavy atom. The Balaban J connectivity index is 1.23. The summed E-state index contributed by atoms with van der Waals surface area (Å²) in [4.78, 5) is 19.4. The van der Waals surface area contributed by atoms with Gasteiger partial charge in [-0.15, -0.1) is 0 Å². The number of likely N-dealkylation sites (tertiary alicyclic amines) is 1. The summed E-state index contributed by atoms with van der Waals surface area (Å²) in [5.41, 5.74) is 2.08. The smallest absolute Gasteiger partial charge is 0.416 e. The van der Waals surface area contributed by atoms with Crippen LogP contribution in [0.2, 0.25) is 0 Å². The first-order valence-electron chi connectivity index (χ1n) is 12.1. The molecule has 190 valence electrons. The molecule has 0 saturated carbocycles. The summed E-state index contributed by atoms with van der Waals surface area (Å²) in [7, 11) is 0. The van der Waals surface area contributed by atoms with Crippen LogP contribution in [0.4, 0.5) is 13.2 Å². The van der Waals surface area contributed by atoms with Crippen LogP contribution >= 0.6 is 0 Å². The Kier molecular flexibility index (Phi) is 6.74. The lowest BCUT2D eigenvalue weighted by atomic mass is 9.95. The zero-order valence-electron chi connectivity index (χ0n) is 20.0. The van der Waals surface area contributed by atoms with Crippen molar-refractivity contribution in [3.05, 3.63) is 108 Å². The normalized spacial score (nSPS) is 14.6. The van der Waals surface area contributed by atoms with Gasteiger partial charge in [0.1, 0.15) is 11.6 Å². The highest BCUT2D eigenvalue weighted by Crippen LogP contribution is 2.33. The molecule has 5 rings (SSSR count). The highest BCUT2D eigenvalue weighted by Gasteiger charge is 2.33. The van der Waals surface area contributed by atoms with Gasteiger partial charge in [-0.1, -0.05) is 42.5 Å². The predicted molar refractivity (Wildman–Crippen MR) is 134 cm³/mol. The van der Waals surface area contributed by atoms with Gasteiger partial charge in [-0.3, -0.25) is 4.79 Å². The molecular weight excluding hydrogens is 479 g/mol. The number of imidazole rings is 1. The maximum atomic E-state index is 13.4. The largest absolute Gasteiger partial charge is 0.508 e. The van der Waals surface area contributed by atoms with Crippen LogP contribution in [0.15, 0.2) is 85.2 Å². The zero-order chi connectivity index (χ0) is 26.0. The van der Waals surface area contributed by atoms with Crippen molar-refractivity contribution < 1.29 is 23.1 Å². The minimum atomic E-state index is -4.41. The number of carbonyl (C=O) groups is 1. The van der Waals surface area contributed by atoms with E-state index in [-0.39, 0.29) is 29.7 Å². The fourth-order valence-electron chi connectivity index (χ4n) is 4.92. The second-order valence-corrected chi connectivity index (χ2v) is 9.26. The second kappa shape index (κ2) is 10.1. The lowest BCUT2D eigenvalue weighted by Gasteiger charge is -2.32. The quantitative estimate of drug-likeness (QED) is 0.344. The number of alkyl halides is 3. The number of halogens is 3. The Hall–Kier alpha value is -4.07. The first kappa shape index (κ1) is 24.6. The van der Waals surface area contributed by atoms with Crippen LogP contribution in [-0.2, 0) is 12.7 Å². The van der Waals surface area contributed by atoms with E-state index >= 15 is 0 Å². The molecule has 1 aliphatic heterocycles. The van der Waals surface area contributed by atoms with Gasteiger partial charge in [0.15, 0.2) is 0 Å². The lowest BCUT2D eigenvalue weighted by molar-refractivity contribution is -0.138. The molecule has 1 saturated heterocycles. The van der Waals surface area contributed by atoms with Crippen LogP contribution in [0.3, 0.4) is 0 Å². The van der Waals surface area contributed by atoms with Crippen LogP contribution < -0.4 is 0 Å². The van der Waals surface area contributed by atoms with Crippen molar-refractivity contribution in [3.63, 3.8) is 0 Å². The molecule has 5 nitrogen and oxygen atoms in total. The number of phenolic OH excluding ortho intramolecular Hbond substituents is 1. The molecule has 3 aromatic carbocycles. The molecule has 0 aliphatic carbocycles. The van der Waals surface area contributed by atoms with Gasteiger partial charge in [0.2, 0.25) is 0 Å². The molecule has 0 unspecified atom stereocenters. The summed E-state index contributed by atoms with van der Waals surface area (Å²) in [5.74, 6) is 0.974. The second-order valence-electron chi connectivity index (χ2n) is 9.26. The van der Waals surface area contributed by atoms with Gasteiger partial charge in [0.05, 0.1) is 5.56 Å². The number of rotatable bonds is 5. The summed E-state index contributed by atoms with van der Waals surface area (Å²) < 4.78 is 42.1. The average molecular weight is 506 g/mol. The number of amides is 1. The third-order valence-electron chi connectivity index (χ3n) is 6.89. The van der Waals surface area contributed by atoms with Crippen LogP contribution in [0.1, 0.15) is 46.1 Å². The molecule has 0 spiro atoms. The van der Waals surface area contributed by atoms with Crippen molar-refractivity contribution in [2.75, 3.05) is 13.1 Å². The Morgan fingerprint density at radius 1 is 0.919 bits per heavy atom. The number of phenols is 1. The van der Waals surface area contributed by atoms with E-state index in [0.717, 1.165) is 23.0 Å². The fraction of sp³-hybridized carbons (Fsp3) is 0.241. The number of aromatic nitrogens is 2. The highest BCUT2D eigenvalue weighted by atomic mass is 19.4. The average Bonchev–Trinajstić information content (AvgIpc) is 3.37. The minimum Gasteiger partial charge on any atom is -0.508 e. The van der Waals surface area contributed by atoms with Crippen LogP contribution in [0.25, 0.3) is 11.1 Å². The van der Waals surface area contributed by atoms with E-state index in [2.05, 4.69) is 4.98 Å². The minimum absolute atomic E-state index is 0.0434. The number of benzene rings is 3. The molecule has 1 N–H and O–H groups in total. The highest BCUT2D eigenvalue weighted by molar-refractivity contribution is 5.94. The number of hydrogen-bond acceptors (Lipinski definition) is 3. The SMILES string of the molecule is O=C(c1ccc(-c2ccc(O)cc2)cc1)N1CCC(c2nccn2Cc2ccccc2C(F)(F)F)CC1. The topological polar surface area (TPSA) is 58.4 Å². The molecule has 8 heteroatoms. The van der Waals surface area contributed by atoms with E-state index in [1.165, 1.54) is 12.1 Å². The number of hydrogen-bond donors (Lipinski definition) is 1. The molecule has 1 amide bonds. The van der Waals surface area contributed by atoms with Gasteiger partial charge in [-0.05, 0) is 59.9 Å². The Morgan fingerprint density at radius 3 is 2.19 bits per heavy atom. The first-order valence-corrected chi connectivity index (χ1v) is 12.1. The number of nitrogens with zero attached hydrogens (tertiary/aromatic N) is 3. The molecular formula is C29H26F3N3O2. The third kappa shape index (κ3) is 5.38. The van der Waals surface area contributed by atoms with Gasteiger partial charge in [0.25, 0.3) is 5.91 Å². The summed E-state index contributed by atoms with van der Waals surface area (Å²) in [6.07, 6.45) is 0.310. The van der Waals surface area contributed by atoms with Crippen LogP contribution in [-0.4, -0.2) is 38.6 Å². The van der Waals surface area contributed by atoms with E-state index in [9.17, 15) is 23.1 Å². The Labute approximate surface area is 212 Å².